The van der Waals surface area contributed by atoms with Crippen LogP contribution in [0.15, 0.2) is 43.0 Å². The minimum atomic E-state index is 0.00185. The number of methoxy groups -OCH3 is 1. The molecule has 3 rings (SSSR count). The number of urea groups is 1. The van der Waals surface area contributed by atoms with Gasteiger partial charge in [0.05, 0.1) is 13.4 Å². The van der Waals surface area contributed by atoms with Gasteiger partial charge in [-0.3, -0.25) is 0 Å². The van der Waals surface area contributed by atoms with Gasteiger partial charge in [0, 0.05) is 56.8 Å². The molecule has 0 spiro atoms. The standard InChI is InChI=1S/C18H25N5O2/c1-15(13-21-8-7-19-14-21)20-18(24)23-11-9-22(10-12-23)16-3-5-17(25-2)6-4-16/h3-8,14-15H,9-13H2,1-2H3,(H,20,24). The quantitative estimate of drug-likeness (QED) is 0.899. The Hall–Kier alpha value is -2.70. The zero-order valence-corrected chi connectivity index (χ0v) is 14.8. The fourth-order valence-corrected chi connectivity index (χ4v) is 3.02. The number of benzene rings is 1. The topological polar surface area (TPSA) is 62.6 Å². The number of piperazine rings is 1. The van der Waals surface area contributed by atoms with Gasteiger partial charge >= 0.3 is 6.03 Å². The second-order valence-corrected chi connectivity index (χ2v) is 6.28. The molecule has 2 amide bonds. The van der Waals surface area contributed by atoms with Crippen LogP contribution in [0.3, 0.4) is 0 Å². The first-order chi connectivity index (χ1) is 12.2. The van der Waals surface area contributed by atoms with E-state index in [4.69, 9.17) is 4.74 Å². The molecule has 0 radical (unpaired) electrons. The number of carbonyl (C=O) groups is 1. The van der Waals surface area contributed by atoms with Gasteiger partial charge in [-0.1, -0.05) is 0 Å². The Morgan fingerprint density at radius 2 is 1.96 bits per heavy atom. The normalized spacial score (nSPS) is 15.8. The Bertz CT molecular complexity index is 663. The molecule has 1 aliphatic rings. The summed E-state index contributed by atoms with van der Waals surface area (Å²) in [4.78, 5) is 20.6. The van der Waals surface area contributed by atoms with Crippen LogP contribution in [0.25, 0.3) is 0 Å². The fourth-order valence-electron chi connectivity index (χ4n) is 3.02. The number of ether oxygens (including phenoxy) is 1. The van der Waals surface area contributed by atoms with Gasteiger partial charge in [-0.15, -0.1) is 0 Å². The molecule has 0 saturated carbocycles. The molecule has 2 aromatic rings. The zero-order chi connectivity index (χ0) is 17.6. The van der Waals surface area contributed by atoms with Crippen LogP contribution in [0.4, 0.5) is 10.5 Å². The molecule has 1 atom stereocenters. The molecular weight excluding hydrogens is 318 g/mol. The predicted molar refractivity (Wildman–Crippen MR) is 97.0 cm³/mol. The van der Waals surface area contributed by atoms with E-state index in [0.717, 1.165) is 44.2 Å². The van der Waals surface area contributed by atoms with Gasteiger partial charge in [-0.25, -0.2) is 9.78 Å². The number of carbonyl (C=O) groups excluding carboxylic acids is 1. The number of nitrogens with zero attached hydrogens (tertiary/aromatic N) is 4. The SMILES string of the molecule is COc1ccc(N2CCN(C(=O)NC(C)Cn3ccnc3)CC2)cc1. The minimum Gasteiger partial charge on any atom is -0.497 e. The van der Waals surface area contributed by atoms with Crippen molar-refractivity contribution in [3.8, 4) is 5.75 Å². The molecule has 25 heavy (non-hydrogen) atoms. The maximum atomic E-state index is 12.4. The van der Waals surface area contributed by atoms with E-state index in [0.29, 0.717) is 0 Å². The molecule has 0 bridgehead atoms. The third-order valence-electron chi connectivity index (χ3n) is 4.42. The van der Waals surface area contributed by atoms with E-state index in [2.05, 4.69) is 27.3 Å². The van der Waals surface area contributed by atoms with Crippen molar-refractivity contribution in [1.82, 2.24) is 19.8 Å². The monoisotopic (exact) mass is 343 g/mol. The Morgan fingerprint density at radius 1 is 1.24 bits per heavy atom. The number of hydrogen-bond donors (Lipinski definition) is 1. The molecule has 7 nitrogen and oxygen atoms in total. The Morgan fingerprint density at radius 3 is 2.56 bits per heavy atom. The average molecular weight is 343 g/mol. The first-order valence-corrected chi connectivity index (χ1v) is 8.56. The molecular formula is C18H25N5O2. The van der Waals surface area contributed by atoms with Crippen LogP contribution in [0.5, 0.6) is 5.75 Å². The number of hydrogen-bond acceptors (Lipinski definition) is 4. The van der Waals surface area contributed by atoms with Gasteiger partial charge in [0.15, 0.2) is 0 Å². The van der Waals surface area contributed by atoms with E-state index in [1.165, 1.54) is 0 Å². The van der Waals surface area contributed by atoms with E-state index in [1.807, 2.05) is 34.7 Å². The summed E-state index contributed by atoms with van der Waals surface area (Å²) in [5.74, 6) is 0.855. The van der Waals surface area contributed by atoms with Gasteiger partial charge in [-0.2, -0.15) is 0 Å². The van der Waals surface area contributed by atoms with Gasteiger partial charge in [0.2, 0.25) is 0 Å². The lowest BCUT2D eigenvalue weighted by Gasteiger charge is -2.36. The highest BCUT2D eigenvalue weighted by atomic mass is 16.5. The van der Waals surface area contributed by atoms with Crippen molar-refractivity contribution in [2.45, 2.75) is 19.5 Å². The Balaban J connectivity index is 1.46. The lowest BCUT2D eigenvalue weighted by atomic mass is 10.2. The van der Waals surface area contributed by atoms with Crippen molar-refractivity contribution in [3.63, 3.8) is 0 Å². The van der Waals surface area contributed by atoms with Crippen molar-refractivity contribution >= 4 is 11.7 Å². The summed E-state index contributed by atoms with van der Waals surface area (Å²) in [6.45, 7) is 5.82. The van der Waals surface area contributed by atoms with E-state index in [1.54, 1.807) is 19.6 Å². The second kappa shape index (κ2) is 7.92. The van der Waals surface area contributed by atoms with Gasteiger partial charge in [0.25, 0.3) is 0 Å². The van der Waals surface area contributed by atoms with Gasteiger partial charge in [-0.05, 0) is 31.2 Å². The Labute approximate surface area is 148 Å². The summed E-state index contributed by atoms with van der Waals surface area (Å²) in [5.41, 5.74) is 1.16. The fraction of sp³-hybridized carbons (Fsp3) is 0.444. The van der Waals surface area contributed by atoms with E-state index >= 15 is 0 Å². The average Bonchev–Trinajstić information content (AvgIpc) is 3.14. The largest absolute Gasteiger partial charge is 0.497 e. The number of nitrogens with one attached hydrogen (secondary N) is 1. The van der Waals surface area contributed by atoms with Crippen LogP contribution < -0.4 is 15.0 Å². The van der Waals surface area contributed by atoms with Crippen LogP contribution in [0.1, 0.15) is 6.92 Å². The maximum absolute atomic E-state index is 12.4. The molecule has 1 fully saturated rings. The second-order valence-electron chi connectivity index (χ2n) is 6.28. The zero-order valence-electron chi connectivity index (χ0n) is 14.8. The molecule has 2 heterocycles. The molecule has 7 heteroatoms. The molecule has 1 aromatic heterocycles. The summed E-state index contributed by atoms with van der Waals surface area (Å²) in [6, 6.07) is 8.10. The first kappa shape index (κ1) is 17.1. The highest BCUT2D eigenvalue weighted by molar-refractivity contribution is 5.74. The molecule has 1 aromatic carbocycles. The van der Waals surface area contributed by atoms with E-state index in [-0.39, 0.29) is 12.1 Å². The molecule has 1 N–H and O–H groups in total. The third kappa shape index (κ3) is 4.43. The molecule has 1 unspecified atom stereocenters. The maximum Gasteiger partial charge on any atom is 0.317 e. The number of imidazole rings is 1. The number of rotatable bonds is 5. The van der Waals surface area contributed by atoms with Crippen LogP contribution in [-0.2, 0) is 6.54 Å². The van der Waals surface area contributed by atoms with Crippen molar-refractivity contribution < 1.29 is 9.53 Å². The Kier molecular flexibility index (Phi) is 5.42. The van der Waals surface area contributed by atoms with Crippen molar-refractivity contribution in [2.24, 2.45) is 0 Å². The summed E-state index contributed by atoms with van der Waals surface area (Å²) in [7, 11) is 1.67. The summed E-state index contributed by atoms with van der Waals surface area (Å²) < 4.78 is 7.16. The summed E-state index contributed by atoms with van der Waals surface area (Å²) in [5, 5.41) is 3.06. The minimum absolute atomic E-state index is 0.00185. The van der Waals surface area contributed by atoms with Crippen LogP contribution in [0, 0.1) is 0 Å². The molecule has 1 aliphatic heterocycles. The van der Waals surface area contributed by atoms with Crippen molar-refractivity contribution in [2.75, 3.05) is 38.2 Å². The van der Waals surface area contributed by atoms with E-state index < -0.39 is 0 Å². The first-order valence-electron chi connectivity index (χ1n) is 8.56. The summed E-state index contributed by atoms with van der Waals surface area (Å²) in [6.07, 6.45) is 5.40. The lowest BCUT2D eigenvalue weighted by molar-refractivity contribution is 0.190. The lowest BCUT2D eigenvalue weighted by Crippen LogP contribution is -2.53. The summed E-state index contributed by atoms with van der Waals surface area (Å²) >= 11 is 0. The molecule has 1 saturated heterocycles. The van der Waals surface area contributed by atoms with Gasteiger partial charge in [0.1, 0.15) is 5.75 Å². The van der Waals surface area contributed by atoms with Crippen LogP contribution >= 0.6 is 0 Å². The predicted octanol–water partition coefficient (Wildman–Crippen LogP) is 1.81. The molecule has 0 aliphatic carbocycles. The molecule has 134 valence electrons. The third-order valence-corrected chi connectivity index (χ3v) is 4.42. The smallest absolute Gasteiger partial charge is 0.317 e. The number of anilines is 1. The number of aromatic nitrogens is 2. The highest BCUT2D eigenvalue weighted by Gasteiger charge is 2.22. The highest BCUT2D eigenvalue weighted by Crippen LogP contribution is 2.20. The van der Waals surface area contributed by atoms with Crippen molar-refractivity contribution in [3.05, 3.63) is 43.0 Å². The van der Waals surface area contributed by atoms with E-state index in [9.17, 15) is 4.79 Å². The van der Waals surface area contributed by atoms with Crippen LogP contribution in [-0.4, -0.2) is 59.8 Å². The number of amides is 2. The van der Waals surface area contributed by atoms with Crippen LogP contribution in [0.2, 0.25) is 0 Å². The van der Waals surface area contributed by atoms with Crippen molar-refractivity contribution in [1.29, 1.82) is 0 Å². The van der Waals surface area contributed by atoms with Gasteiger partial charge < -0.3 is 24.4 Å².